The quantitative estimate of drug-likeness (QED) is 0.102. The van der Waals surface area contributed by atoms with Gasteiger partial charge in [0.05, 0.1) is 0 Å². The molecule has 572 valence electrons. The Balaban J connectivity index is 0.000000194. The zero-order chi connectivity index (χ0) is 97.0. The van der Waals surface area contributed by atoms with Crippen LogP contribution in [0, 0.1) is 89.2 Å². The van der Waals surface area contributed by atoms with Crippen LogP contribution in [-0.4, -0.2) is 0 Å². The fourth-order valence-corrected chi connectivity index (χ4v) is 13.9. The summed E-state index contributed by atoms with van der Waals surface area (Å²) in [4.78, 5) is 0. The Morgan fingerprint density at radius 2 is 0.545 bits per heavy atom. The van der Waals surface area contributed by atoms with E-state index < -0.39 is 79.5 Å². The fraction of sp³-hybridized carbons (Fsp3) is 0.358. The van der Waals surface area contributed by atoms with E-state index in [2.05, 4.69) is 117 Å². The number of aryl methyl sites for hydroxylation is 13. The van der Waals surface area contributed by atoms with Gasteiger partial charge in [0.25, 0.3) is 0 Å². The average molecular weight is 1480 g/mol. The largest absolute Gasteiger partial charge is 0.213 e. The molecule has 110 heavy (non-hydrogen) atoms. The van der Waals surface area contributed by atoms with Crippen molar-refractivity contribution in [3.63, 3.8) is 0 Å². The SMILES string of the molecule is Cc1cc(C)c(-c2cc(-c3ccccc3)c(C)c[n+]2C)cc1-c1ccccc1.[2H]C([2H])([2H])c1cc(C)c(-c2cc(-c3ccccc3)c(C([2H])([2H])[2H])c[n+]2C)cc1-c1ccccc1.[2H]C([2H])([2H])c1ccc(-c2cc(C([2H])([2H])C(C)(C)C)c(C([2H])([2H])C(C)(C)C)c[n+]2C)c(C)c1.[2H]C([2H])(c1ccc(-c2cc(C([2H])([2H])C(C)(C)C)c(C([2H])([2H])C(C)(C)C)c[n+]2C)c(C)c1)C(C)(C)C. The molecule has 4 nitrogen and oxygen atoms in total. The van der Waals surface area contributed by atoms with E-state index in [0.29, 0.717) is 50.2 Å². The lowest BCUT2D eigenvalue weighted by atomic mass is 9.81. The lowest BCUT2D eigenvalue weighted by Crippen LogP contribution is -2.33. The Morgan fingerprint density at radius 1 is 0.245 bits per heavy atom. The van der Waals surface area contributed by atoms with Crippen LogP contribution in [0.15, 0.2) is 231 Å². The maximum Gasteiger partial charge on any atom is 0.213 e. The molecule has 0 aliphatic heterocycles. The normalized spacial score (nSPS) is 15.4. The number of nitrogens with zero attached hydrogens (tertiary/aromatic N) is 4. The second-order valence-corrected chi connectivity index (χ2v) is 34.8. The Bertz CT molecular complexity index is 5830. The van der Waals surface area contributed by atoms with Gasteiger partial charge in [0, 0.05) is 94.8 Å². The molecule has 0 bridgehead atoms. The van der Waals surface area contributed by atoms with E-state index in [1.165, 1.54) is 50.2 Å². The molecule has 8 aromatic carbocycles. The third-order valence-corrected chi connectivity index (χ3v) is 18.7. The van der Waals surface area contributed by atoms with Gasteiger partial charge < -0.3 is 0 Å². The smallest absolute Gasteiger partial charge is 0.201 e. The second kappa shape index (κ2) is 35.2. The van der Waals surface area contributed by atoms with Gasteiger partial charge in [0.15, 0.2) is 24.8 Å². The molecule has 0 aliphatic rings. The predicted octanol–water partition coefficient (Wildman–Crippen LogP) is 26.1. The summed E-state index contributed by atoms with van der Waals surface area (Å²) in [6.07, 6.45) is -1.34. The van der Waals surface area contributed by atoms with Crippen LogP contribution in [0.1, 0.15) is 208 Å². The van der Waals surface area contributed by atoms with Crippen LogP contribution >= 0.6 is 0 Å². The molecule has 4 aromatic heterocycles. The van der Waals surface area contributed by atoms with Gasteiger partial charge in [-0.2, -0.15) is 0 Å². The summed E-state index contributed by atoms with van der Waals surface area (Å²) in [6.45, 7) is 33.1. The number of rotatable bonds is 13. The zero-order valence-corrected chi connectivity index (χ0v) is 70.2. The Labute approximate surface area is 692 Å². The lowest BCUT2D eigenvalue weighted by Gasteiger charge is -2.24. The van der Waals surface area contributed by atoms with Crippen LogP contribution < -0.4 is 18.3 Å². The molecule has 0 amide bonds. The molecule has 0 aliphatic carbocycles. The van der Waals surface area contributed by atoms with Crippen molar-refractivity contribution >= 4 is 0 Å². The van der Waals surface area contributed by atoms with Crippen molar-refractivity contribution in [2.24, 2.45) is 55.3 Å². The van der Waals surface area contributed by atoms with Gasteiger partial charge in [-0.05, 0) is 240 Å². The van der Waals surface area contributed by atoms with Crippen LogP contribution in [0.3, 0.4) is 0 Å². The van der Waals surface area contributed by atoms with Crippen LogP contribution in [-0.2, 0) is 60.1 Å². The van der Waals surface area contributed by atoms with Crippen LogP contribution in [0.25, 0.3) is 89.5 Å². The summed E-state index contributed by atoms with van der Waals surface area (Å²) < 4.78 is 168. The van der Waals surface area contributed by atoms with Crippen molar-refractivity contribution in [1.82, 2.24) is 0 Å². The van der Waals surface area contributed by atoms with Gasteiger partial charge in [-0.15, -0.1) is 0 Å². The molecule has 12 aromatic rings. The molecule has 0 fully saturated rings. The molecule has 0 radical (unpaired) electrons. The highest BCUT2D eigenvalue weighted by Gasteiger charge is 2.28. The van der Waals surface area contributed by atoms with Crippen molar-refractivity contribution in [3.05, 3.63) is 309 Å². The highest BCUT2D eigenvalue weighted by atomic mass is 14.9. The highest BCUT2D eigenvalue weighted by Crippen LogP contribution is 2.39. The maximum atomic E-state index is 9.05. The van der Waals surface area contributed by atoms with Crippen molar-refractivity contribution in [2.45, 2.75) is 198 Å². The number of benzene rings is 8. The van der Waals surface area contributed by atoms with E-state index in [1.54, 1.807) is 64.1 Å². The topological polar surface area (TPSA) is 15.5 Å². The summed E-state index contributed by atoms with van der Waals surface area (Å²) in [5, 5.41) is 0. The fourth-order valence-electron chi connectivity index (χ4n) is 13.9. The Morgan fingerprint density at radius 3 is 0.909 bits per heavy atom. The minimum atomic E-state index is -2.28. The Kier molecular flexibility index (Phi) is 19.5. The summed E-state index contributed by atoms with van der Waals surface area (Å²) >= 11 is 0. The monoisotopic (exact) mass is 1480 g/mol. The van der Waals surface area contributed by atoms with Gasteiger partial charge >= 0.3 is 0 Å². The average Bonchev–Trinajstić information content (AvgIpc) is 0.727. The minimum Gasteiger partial charge on any atom is -0.201 e. The number of hydrogen-bond donors (Lipinski definition) is 0. The van der Waals surface area contributed by atoms with E-state index in [0.717, 1.165) is 55.9 Å². The first-order chi connectivity index (χ1) is 59.0. The maximum absolute atomic E-state index is 9.05. The molecule has 0 saturated carbocycles. The van der Waals surface area contributed by atoms with E-state index in [4.69, 9.17) is 26.0 Å². The second-order valence-electron chi connectivity index (χ2n) is 34.8. The molecule has 0 saturated heterocycles. The van der Waals surface area contributed by atoms with E-state index in [1.807, 2.05) is 241 Å². The van der Waals surface area contributed by atoms with Gasteiger partial charge in [0.2, 0.25) is 22.8 Å². The van der Waals surface area contributed by atoms with Crippen LogP contribution in [0.2, 0.25) is 0 Å². The lowest BCUT2D eigenvalue weighted by molar-refractivity contribution is -0.661. The van der Waals surface area contributed by atoms with Crippen LogP contribution in [0.4, 0.5) is 0 Å². The van der Waals surface area contributed by atoms with Gasteiger partial charge in [-0.1, -0.05) is 267 Å². The molecule has 0 spiro atoms. The van der Waals surface area contributed by atoms with E-state index >= 15 is 0 Å². The molecule has 4 heterocycles. The number of aromatic nitrogens is 4. The van der Waals surface area contributed by atoms with Crippen molar-refractivity contribution in [3.8, 4) is 89.5 Å². The summed E-state index contributed by atoms with van der Waals surface area (Å²) in [6, 6.07) is 66.8. The Hall–Kier alpha value is -9.64. The summed E-state index contributed by atoms with van der Waals surface area (Å²) in [7, 11) is 7.62. The molecule has 4 heteroatoms. The van der Waals surface area contributed by atoms with Gasteiger partial charge in [-0.25, -0.2) is 18.3 Å². The first-order valence-electron chi connectivity index (χ1n) is 47.9. The van der Waals surface area contributed by atoms with Crippen molar-refractivity contribution in [2.75, 3.05) is 0 Å². The standard InChI is InChI=1S/C28H44N.2C27H26N.C24H36N/c1-20-14-21(16-26(2,3)4)12-13-24(20)25-15-22(17-27(5,6)7)23(19-29(25)11)18-28(8,9)10;2*1-19-15-20(2)26(16-24(19)22-11-7-5-8-12-22)27-17-25(21(3)18-28(27)4)23-13-9-6-10-14-23;1-17-10-11-21(18(2)12-17)22-13-19(14-23(3,4)5)20(16-25(22)9)15-24(6,7)8/h12-15,19H,16-18H2,1-11H3;2*5-18H,1-4H3;10-13,16H,14-15H2,1-9H3/q4*+1/i16D2,17D2,18D2;1D3,3D3;;1D3,14D2,15D2. The first-order valence-corrected chi connectivity index (χ1v) is 38.4. The van der Waals surface area contributed by atoms with Crippen molar-refractivity contribution < 1.29 is 44.3 Å². The molecule has 0 unspecified atom stereocenters. The summed E-state index contributed by atoms with van der Waals surface area (Å²) in [5.41, 5.74) is 20.9. The third kappa shape index (κ3) is 23.0. The van der Waals surface area contributed by atoms with Crippen LogP contribution in [0.5, 0.6) is 0 Å². The first kappa shape index (κ1) is 61.1. The third-order valence-electron chi connectivity index (χ3n) is 18.7. The number of pyridine rings is 4. The van der Waals surface area contributed by atoms with Crippen molar-refractivity contribution in [1.29, 1.82) is 0 Å². The highest BCUT2D eigenvalue weighted by molar-refractivity contribution is 5.80. The van der Waals surface area contributed by atoms with E-state index in [9.17, 15) is 0 Å². The summed E-state index contributed by atoms with van der Waals surface area (Å²) in [5.74, 6) is 0. The number of hydrogen-bond acceptors (Lipinski definition) is 0. The van der Waals surface area contributed by atoms with Gasteiger partial charge in [-0.3, -0.25) is 0 Å². The van der Waals surface area contributed by atoms with Gasteiger partial charge in [0.1, 0.15) is 28.2 Å². The molecule has 12 rings (SSSR count). The molecular weight excluding hydrogens is 1330 g/mol. The zero-order valence-electron chi connectivity index (χ0n) is 89.2. The molecular formula is C106H132N4+4. The minimum absolute atomic E-state index is 0.257. The molecule has 0 atom stereocenters. The van der Waals surface area contributed by atoms with E-state index in [-0.39, 0.29) is 11.1 Å². The predicted molar refractivity (Wildman–Crippen MR) is 472 cm³/mol. The molecule has 0 N–H and O–H groups in total.